The summed E-state index contributed by atoms with van der Waals surface area (Å²) in [4.78, 5) is 49.9. The maximum absolute atomic E-state index is 13.1. The molecule has 0 unspecified atom stereocenters. The Hall–Kier alpha value is -2.14. The first-order chi connectivity index (χ1) is 18.1. The summed E-state index contributed by atoms with van der Waals surface area (Å²) in [5, 5.41) is 20.9. The molecule has 3 aromatic carbocycles. The minimum atomic E-state index is -1.59. The number of amides is 2. The molecule has 0 fully saturated rings. The van der Waals surface area contributed by atoms with Gasteiger partial charge in [-0.25, -0.2) is 9.59 Å². The van der Waals surface area contributed by atoms with Crippen molar-refractivity contribution < 1.29 is 29.4 Å². The van der Waals surface area contributed by atoms with E-state index in [-0.39, 0.29) is 37.0 Å². The van der Waals surface area contributed by atoms with Gasteiger partial charge < -0.3 is 20.8 Å². The average molecular weight is 694 g/mol. The van der Waals surface area contributed by atoms with Crippen molar-refractivity contribution in [1.82, 2.24) is 0 Å². The fraction of sp³-hybridized carbons (Fsp3) is 0.0435. The van der Waals surface area contributed by atoms with E-state index in [0.717, 1.165) is 0 Å². The number of anilines is 2. The van der Waals surface area contributed by atoms with E-state index in [2.05, 4.69) is 10.6 Å². The normalized spacial score (nSPS) is 10.8. The molecule has 0 saturated heterocycles. The van der Waals surface area contributed by atoms with E-state index in [4.69, 9.17) is 92.8 Å². The number of carboxylic acid groups (broad SMARTS) is 2. The molecule has 0 heterocycles. The Morgan fingerprint density at radius 2 is 0.821 bits per heavy atom. The molecule has 16 heteroatoms. The summed E-state index contributed by atoms with van der Waals surface area (Å²) in [5.41, 5.74) is -2.00. The fourth-order valence-corrected chi connectivity index (χ4v) is 5.41. The molecule has 3 aromatic rings. The van der Waals surface area contributed by atoms with Gasteiger partial charge in [0, 0.05) is 11.4 Å². The van der Waals surface area contributed by atoms with Gasteiger partial charge in [0.25, 0.3) is 11.8 Å². The maximum atomic E-state index is 13.1. The standard InChI is InChI=1S/C23H10Cl8N2O6/c1-5-6(32-20(34)8-10(22(36)37)14(26)18(30)16(28)12(8)24)3-2-4-7(5)33-21(35)9-11(23(38)39)15(27)19(31)17(29)13(9)25/h2-4H,1H3,(H,32,34)(H,33,35)(H,36,37)(H,38,39). The zero-order valence-electron chi connectivity index (χ0n) is 18.8. The van der Waals surface area contributed by atoms with Gasteiger partial charge in [-0.05, 0) is 24.6 Å². The number of hydrogen-bond donors (Lipinski definition) is 4. The SMILES string of the molecule is Cc1c(NC(=O)c2c(Cl)c(Cl)c(Cl)c(Cl)c2C(=O)O)cccc1NC(=O)c1c(Cl)c(Cl)c(Cl)c(Cl)c1C(=O)O. The molecule has 0 radical (unpaired) electrons. The molecule has 0 spiro atoms. The van der Waals surface area contributed by atoms with Crippen molar-refractivity contribution in [3.63, 3.8) is 0 Å². The van der Waals surface area contributed by atoms with E-state index in [0.29, 0.717) is 0 Å². The van der Waals surface area contributed by atoms with Crippen molar-refractivity contribution in [3.05, 3.63) is 86.2 Å². The van der Waals surface area contributed by atoms with Crippen LogP contribution in [0.3, 0.4) is 0 Å². The van der Waals surface area contributed by atoms with Crippen LogP contribution in [0, 0.1) is 6.92 Å². The number of benzene rings is 3. The lowest BCUT2D eigenvalue weighted by Gasteiger charge is -2.17. The number of carboxylic acids is 2. The monoisotopic (exact) mass is 690 g/mol. The number of carbonyl (C=O) groups is 4. The molecule has 204 valence electrons. The van der Waals surface area contributed by atoms with E-state index in [9.17, 15) is 29.4 Å². The van der Waals surface area contributed by atoms with Crippen molar-refractivity contribution in [3.8, 4) is 0 Å². The second kappa shape index (κ2) is 12.2. The van der Waals surface area contributed by atoms with Crippen LogP contribution in [0.1, 0.15) is 47.0 Å². The molecule has 0 aliphatic carbocycles. The van der Waals surface area contributed by atoms with Crippen LogP contribution in [0.5, 0.6) is 0 Å². The predicted molar refractivity (Wildman–Crippen MR) is 154 cm³/mol. The van der Waals surface area contributed by atoms with Crippen LogP contribution < -0.4 is 10.6 Å². The van der Waals surface area contributed by atoms with Gasteiger partial charge in [-0.2, -0.15) is 0 Å². The van der Waals surface area contributed by atoms with Gasteiger partial charge in [0.2, 0.25) is 0 Å². The lowest BCUT2D eigenvalue weighted by molar-refractivity contribution is 0.0683. The molecule has 4 N–H and O–H groups in total. The fourth-order valence-electron chi connectivity index (χ4n) is 3.37. The van der Waals surface area contributed by atoms with E-state index < -0.39 is 66.1 Å². The molecule has 0 aliphatic heterocycles. The molecule has 0 aromatic heterocycles. The molecule has 0 saturated carbocycles. The van der Waals surface area contributed by atoms with Gasteiger partial charge in [0.15, 0.2) is 0 Å². The largest absolute Gasteiger partial charge is 0.478 e. The summed E-state index contributed by atoms with van der Waals surface area (Å²) >= 11 is 48.2. The molecular formula is C23H10Cl8N2O6. The Balaban J connectivity index is 2.04. The Bertz CT molecular complexity index is 1500. The first-order valence-corrected chi connectivity index (χ1v) is 13.0. The van der Waals surface area contributed by atoms with Crippen molar-refractivity contribution in [1.29, 1.82) is 0 Å². The Labute approximate surface area is 259 Å². The van der Waals surface area contributed by atoms with Gasteiger partial charge in [-0.15, -0.1) is 0 Å². The van der Waals surface area contributed by atoms with Gasteiger partial charge in [0.05, 0.1) is 62.4 Å². The van der Waals surface area contributed by atoms with Gasteiger partial charge in [-0.1, -0.05) is 98.9 Å². The third kappa shape index (κ3) is 5.85. The quantitative estimate of drug-likeness (QED) is 0.150. The molecule has 3 rings (SSSR count). The van der Waals surface area contributed by atoms with Crippen LogP contribution >= 0.6 is 92.8 Å². The lowest BCUT2D eigenvalue weighted by atomic mass is 10.0. The number of hydrogen-bond acceptors (Lipinski definition) is 4. The second-order valence-corrected chi connectivity index (χ2v) is 10.5. The topological polar surface area (TPSA) is 133 Å². The number of carbonyl (C=O) groups excluding carboxylic acids is 2. The minimum Gasteiger partial charge on any atom is -0.478 e. The zero-order chi connectivity index (χ0) is 29.5. The van der Waals surface area contributed by atoms with Crippen LogP contribution in [-0.2, 0) is 0 Å². The Morgan fingerprint density at radius 1 is 0.538 bits per heavy atom. The van der Waals surface area contributed by atoms with Gasteiger partial charge in [0.1, 0.15) is 0 Å². The highest BCUT2D eigenvalue weighted by Crippen LogP contribution is 2.43. The van der Waals surface area contributed by atoms with E-state index in [1.807, 2.05) is 0 Å². The van der Waals surface area contributed by atoms with Gasteiger partial charge >= 0.3 is 11.9 Å². The smallest absolute Gasteiger partial charge is 0.338 e. The van der Waals surface area contributed by atoms with Crippen LogP contribution in [-0.4, -0.2) is 34.0 Å². The van der Waals surface area contributed by atoms with E-state index >= 15 is 0 Å². The van der Waals surface area contributed by atoms with Crippen molar-refractivity contribution in [2.45, 2.75) is 6.92 Å². The lowest BCUT2D eigenvalue weighted by Crippen LogP contribution is -2.20. The highest BCUT2D eigenvalue weighted by atomic mass is 35.5. The summed E-state index contributed by atoms with van der Waals surface area (Å²) in [7, 11) is 0. The molecule has 39 heavy (non-hydrogen) atoms. The van der Waals surface area contributed by atoms with Crippen molar-refractivity contribution >= 4 is 128 Å². The molecule has 8 nitrogen and oxygen atoms in total. The summed E-state index contributed by atoms with van der Waals surface area (Å²) in [5.74, 6) is -5.18. The van der Waals surface area contributed by atoms with Crippen molar-refractivity contribution in [2.75, 3.05) is 10.6 Å². The van der Waals surface area contributed by atoms with E-state index in [1.54, 1.807) is 0 Å². The Kier molecular flexibility index (Phi) is 9.79. The number of rotatable bonds is 6. The third-order valence-electron chi connectivity index (χ3n) is 5.25. The first kappa shape index (κ1) is 31.4. The van der Waals surface area contributed by atoms with Crippen LogP contribution in [0.25, 0.3) is 0 Å². The summed E-state index contributed by atoms with van der Waals surface area (Å²) in [6.07, 6.45) is 0. The highest BCUT2D eigenvalue weighted by molar-refractivity contribution is 6.55. The molecule has 0 atom stereocenters. The predicted octanol–water partition coefficient (Wildman–Crippen LogP) is 9.12. The average Bonchev–Trinajstić information content (AvgIpc) is 2.87. The van der Waals surface area contributed by atoms with Gasteiger partial charge in [-0.3, -0.25) is 9.59 Å². The third-order valence-corrected chi connectivity index (χ3v) is 8.85. The number of nitrogens with one attached hydrogen (secondary N) is 2. The zero-order valence-corrected chi connectivity index (χ0v) is 24.8. The number of aromatic carboxylic acids is 2. The van der Waals surface area contributed by atoms with Crippen LogP contribution in [0.2, 0.25) is 40.2 Å². The summed E-state index contributed by atoms with van der Waals surface area (Å²) in [6, 6.07) is 4.30. The summed E-state index contributed by atoms with van der Waals surface area (Å²) in [6.45, 7) is 1.49. The van der Waals surface area contributed by atoms with Crippen LogP contribution in [0.4, 0.5) is 11.4 Å². The second-order valence-electron chi connectivity index (χ2n) is 7.51. The molecule has 2 amide bonds. The van der Waals surface area contributed by atoms with Crippen LogP contribution in [0.15, 0.2) is 18.2 Å². The number of halogens is 8. The molecule has 0 bridgehead atoms. The van der Waals surface area contributed by atoms with Crippen molar-refractivity contribution in [2.24, 2.45) is 0 Å². The summed E-state index contributed by atoms with van der Waals surface area (Å²) < 4.78 is 0. The first-order valence-electron chi connectivity index (χ1n) is 10.0. The Morgan fingerprint density at radius 3 is 1.10 bits per heavy atom. The molecular weight excluding hydrogens is 684 g/mol. The maximum Gasteiger partial charge on any atom is 0.338 e. The van der Waals surface area contributed by atoms with E-state index in [1.165, 1.54) is 25.1 Å². The molecule has 0 aliphatic rings. The highest BCUT2D eigenvalue weighted by Gasteiger charge is 2.31. The minimum absolute atomic E-state index is 0.101.